The second kappa shape index (κ2) is 7.33. The number of para-hydroxylation sites is 1. The third kappa shape index (κ3) is 4.24. The average molecular weight is 346 g/mol. The summed E-state index contributed by atoms with van der Waals surface area (Å²) in [7, 11) is -3.98. The van der Waals surface area contributed by atoms with Crippen molar-refractivity contribution in [2.75, 3.05) is 37.6 Å². The number of hydrogen-bond acceptors (Lipinski definition) is 4. The van der Waals surface area contributed by atoms with E-state index in [0.717, 1.165) is 6.07 Å². The molecule has 120 valence electrons. The van der Waals surface area contributed by atoms with E-state index in [9.17, 15) is 21.6 Å². The maximum absolute atomic E-state index is 12.7. The molecular formula is C12H15ClF3NO3S. The van der Waals surface area contributed by atoms with Crippen molar-refractivity contribution in [2.24, 2.45) is 0 Å². The Bertz CT molecular complexity index is 563. The quantitative estimate of drug-likeness (QED) is 0.713. The van der Waals surface area contributed by atoms with Crippen LogP contribution in [0, 0.1) is 0 Å². The molecule has 0 unspecified atom stereocenters. The van der Waals surface area contributed by atoms with Crippen LogP contribution in [-0.4, -0.2) is 46.6 Å². The van der Waals surface area contributed by atoms with E-state index in [1.807, 2.05) is 0 Å². The highest BCUT2D eigenvalue weighted by atomic mass is 35.5. The number of nitrogens with zero attached hydrogens (tertiary/aromatic N) is 1. The van der Waals surface area contributed by atoms with E-state index in [-0.39, 0.29) is 31.3 Å². The Morgan fingerprint density at radius 1 is 1.24 bits per heavy atom. The standard InChI is InChI=1S/C12H15ClF3NO3S/c1-20-9-8-17(7-6-13)10-4-2-3-5-11(10)21(18,19)12(14,15)16/h2-5H,6-9H2,1H3. The highest BCUT2D eigenvalue weighted by molar-refractivity contribution is 7.92. The number of halogens is 4. The highest BCUT2D eigenvalue weighted by Gasteiger charge is 2.48. The van der Waals surface area contributed by atoms with Crippen LogP contribution < -0.4 is 4.90 Å². The van der Waals surface area contributed by atoms with E-state index in [1.165, 1.54) is 30.2 Å². The molecule has 9 heteroatoms. The van der Waals surface area contributed by atoms with Crippen molar-refractivity contribution >= 4 is 27.1 Å². The second-order valence-corrected chi connectivity index (χ2v) is 6.37. The first-order valence-corrected chi connectivity index (χ1v) is 7.97. The van der Waals surface area contributed by atoms with Gasteiger partial charge in [0.25, 0.3) is 9.84 Å². The molecule has 0 atom stereocenters. The fourth-order valence-electron chi connectivity index (χ4n) is 1.73. The molecule has 1 aromatic carbocycles. The van der Waals surface area contributed by atoms with Gasteiger partial charge in [0.2, 0.25) is 0 Å². The molecule has 1 rings (SSSR count). The van der Waals surface area contributed by atoms with Crippen LogP contribution in [0.1, 0.15) is 0 Å². The average Bonchev–Trinajstić information content (AvgIpc) is 2.42. The monoisotopic (exact) mass is 345 g/mol. The first-order chi connectivity index (χ1) is 9.75. The number of hydrogen-bond donors (Lipinski definition) is 0. The van der Waals surface area contributed by atoms with Crippen LogP contribution in [0.25, 0.3) is 0 Å². The molecule has 0 aliphatic carbocycles. The molecule has 0 fully saturated rings. The van der Waals surface area contributed by atoms with Gasteiger partial charge in [-0.2, -0.15) is 13.2 Å². The number of ether oxygens (including phenoxy) is 1. The Morgan fingerprint density at radius 2 is 1.86 bits per heavy atom. The number of benzene rings is 1. The summed E-state index contributed by atoms with van der Waals surface area (Å²) >= 11 is 5.63. The first kappa shape index (κ1) is 18.1. The molecule has 0 saturated heterocycles. The predicted molar refractivity (Wildman–Crippen MR) is 74.5 cm³/mol. The van der Waals surface area contributed by atoms with Gasteiger partial charge in [-0.25, -0.2) is 8.42 Å². The van der Waals surface area contributed by atoms with Gasteiger partial charge in [0.05, 0.1) is 17.2 Å². The molecule has 0 aliphatic rings. The Balaban J connectivity index is 3.31. The van der Waals surface area contributed by atoms with Gasteiger partial charge < -0.3 is 9.64 Å². The van der Waals surface area contributed by atoms with Crippen LogP contribution in [0.4, 0.5) is 18.9 Å². The SMILES string of the molecule is COCCN(CCCl)c1ccccc1S(=O)(=O)C(F)(F)F. The van der Waals surface area contributed by atoms with Gasteiger partial charge in [0, 0.05) is 26.1 Å². The summed E-state index contributed by atoms with van der Waals surface area (Å²) in [5.74, 6) is 0.143. The number of methoxy groups -OCH3 is 1. The van der Waals surface area contributed by atoms with Crippen LogP contribution in [0.2, 0.25) is 0 Å². The molecule has 0 heterocycles. The third-order valence-electron chi connectivity index (χ3n) is 2.72. The van der Waals surface area contributed by atoms with Crippen molar-refractivity contribution in [3.8, 4) is 0 Å². The number of rotatable bonds is 7. The molecule has 4 nitrogen and oxygen atoms in total. The van der Waals surface area contributed by atoms with Crippen LogP contribution >= 0.6 is 11.6 Å². The lowest BCUT2D eigenvalue weighted by Crippen LogP contribution is -2.32. The van der Waals surface area contributed by atoms with Gasteiger partial charge in [-0.1, -0.05) is 12.1 Å². The van der Waals surface area contributed by atoms with E-state index < -0.39 is 20.2 Å². The zero-order valence-electron chi connectivity index (χ0n) is 11.2. The minimum Gasteiger partial charge on any atom is -0.383 e. The molecule has 0 N–H and O–H groups in total. The summed E-state index contributed by atoms with van der Waals surface area (Å²) in [5, 5.41) is 0. The third-order valence-corrected chi connectivity index (χ3v) is 4.42. The van der Waals surface area contributed by atoms with Crippen LogP contribution in [0.5, 0.6) is 0 Å². The van der Waals surface area contributed by atoms with Crippen molar-refractivity contribution < 1.29 is 26.3 Å². The highest BCUT2D eigenvalue weighted by Crippen LogP contribution is 2.35. The van der Waals surface area contributed by atoms with Crippen molar-refractivity contribution in [1.29, 1.82) is 0 Å². The molecular weight excluding hydrogens is 331 g/mol. The zero-order chi connectivity index (χ0) is 16.1. The lowest BCUT2D eigenvalue weighted by Gasteiger charge is -2.26. The molecule has 0 aromatic heterocycles. The number of alkyl halides is 4. The molecule has 0 saturated carbocycles. The molecule has 0 radical (unpaired) electrons. The fraction of sp³-hybridized carbons (Fsp3) is 0.500. The Morgan fingerprint density at radius 3 is 2.38 bits per heavy atom. The zero-order valence-corrected chi connectivity index (χ0v) is 12.8. The van der Waals surface area contributed by atoms with Crippen LogP contribution in [0.15, 0.2) is 29.2 Å². The fourth-order valence-corrected chi connectivity index (χ4v) is 2.91. The lowest BCUT2D eigenvalue weighted by atomic mass is 10.3. The van der Waals surface area contributed by atoms with E-state index in [0.29, 0.717) is 0 Å². The molecule has 0 bridgehead atoms. The molecule has 21 heavy (non-hydrogen) atoms. The summed E-state index contributed by atoms with van der Waals surface area (Å²) in [6, 6.07) is 4.98. The Labute approximate surface area is 126 Å². The maximum atomic E-state index is 12.7. The summed E-state index contributed by atoms with van der Waals surface area (Å²) < 4.78 is 66.4. The largest absolute Gasteiger partial charge is 0.501 e. The molecule has 1 aromatic rings. The Hall–Kier alpha value is -0.990. The number of sulfone groups is 1. The van der Waals surface area contributed by atoms with Crippen molar-refractivity contribution in [2.45, 2.75) is 10.4 Å². The van der Waals surface area contributed by atoms with Crippen molar-refractivity contribution in [3.05, 3.63) is 24.3 Å². The second-order valence-electron chi connectivity index (χ2n) is 4.09. The smallest absolute Gasteiger partial charge is 0.383 e. The van der Waals surface area contributed by atoms with Crippen molar-refractivity contribution in [3.63, 3.8) is 0 Å². The molecule has 0 aliphatic heterocycles. The summed E-state index contributed by atoms with van der Waals surface area (Å²) in [6.07, 6.45) is 0. The predicted octanol–water partition coefficient (Wildman–Crippen LogP) is 2.67. The van der Waals surface area contributed by atoms with Gasteiger partial charge in [-0.05, 0) is 12.1 Å². The molecule has 0 spiro atoms. The van der Waals surface area contributed by atoms with Gasteiger partial charge in [-0.3, -0.25) is 0 Å². The van der Waals surface area contributed by atoms with E-state index in [2.05, 4.69) is 0 Å². The van der Waals surface area contributed by atoms with E-state index in [4.69, 9.17) is 16.3 Å². The van der Waals surface area contributed by atoms with Crippen LogP contribution in [0.3, 0.4) is 0 Å². The topological polar surface area (TPSA) is 46.6 Å². The lowest BCUT2D eigenvalue weighted by molar-refractivity contribution is -0.0435. The van der Waals surface area contributed by atoms with Gasteiger partial charge in [0.1, 0.15) is 0 Å². The van der Waals surface area contributed by atoms with Gasteiger partial charge in [-0.15, -0.1) is 11.6 Å². The summed E-state index contributed by atoms with van der Waals surface area (Å²) in [5.41, 5.74) is -5.38. The van der Waals surface area contributed by atoms with Gasteiger partial charge in [0.15, 0.2) is 0 Å². The van der Waals surface area contributed by atoms with Crippen molar-refractivity contribution in [1.82, 2.24) is 0 Å². The Kier molecular flexibility index (Phi) is 6.30. The van der Waals surface area contributed by atoms with Gasteiger partial charge >= 0.3 is 5.51 Å². The summed E-state index contributed by atoms with van der Waals surface area (Å²) in [4.78, 5) is 0.675. The van der Waals surface area contributed by atoms with Crippen LogP contribution in [-0.2, 0) is 14.6 Å². The first-order valence-electron chi connectivity index (χ1n) is 5.96. The minimum atomic E-state index is -5.42. The number of anilines is 1. The van der Waals surface area contributed by atoms with E-state index >= 15 is 0 Å². The van der Waals surface area contributed by atoms with E-state index in [1.54, 1.807) is 0 Å². The summed E-state index contributed by atoms with van der Waals surface area (Å²) in [6.45, 7) is 0.667. The maximum Gasteiger partial charge on any atom is 0.501 e. The normalized spacial score (nSPS) is 12.4. The minimum absolute atomic E-state index is 0.0347. The molecule has 0 amide bonds.